The van der Waals surface area contributed by atoms with E-state index in [0.29, 0.717) is 5.95 Å². The molecule has 4 nitrogen and oxygen atoms in total. The molecule has 0 radical (unpaired) electrons. The third kappa shape index (κ3) is 4.42. The smallest absolute Gasteiger partial charge is 0.235 e. The lowest BCUT2D eigenvalue weighted by atomic mass is 9.82. The fraction of sp³-hybridized carbons (Fsp3) is 0.0612. The van der Waals surface area contributed by atoms with Crippen LogP contribution in [-0.4, -0.2) is 14.5 Å². The molecule has 0 aliphatic heterocycles. The molecule has 11 rings (SSSR count). The Hall–Kier alpha value is -6.78. The van der Waals surface area contributed by atoms with Gasteiger partial charge in [0.1, 0.15) is 11.2 Å². The molecule has 0 saturated heterocycles. The highest BCUT2D eigenvalue weighted by Crippen LogP contribution is 2.51. The zero-order valence-electron chi connectivity index (χ0n) is 29.3. The molecule has 0 saturated carbocycles. The van der Waals surface area contributed by atoms with E-state index in [-0.39, 0.29) is 5.41 Å². The summed E-state index contributed by atoms with van der Waals surface area (Å²) >= 11 is 0. The number of aromatic nitrogens is 3. The molecule has 53 heavy (non-hydrogen) atoms. The van der Waals surface area contributed by atoms with Gasteiger partial charge in [0.25, 0.3) is 0 Å². The van der Waals surface area contributed by atoms with Crippen molar-refractivity contribution in [1.82, 2.24) is 14.5 Å². The first-order valence-corrected chi connectivity index (χ1v) is 18.2. The van der Waals surface area contributed by atoms with Crippen LogP contribution in [0.1, 0.15) is 25.0 Å². The van der Waals surface area contributed by atoms with E-state index in [1.54, 1.807) is 0 Å². The quantitative estimate of drug-likeness (QED) is 0.186. The summed E-state index contributed by atoms with van der Waals surface area (Å²) in [4.78, 5) is 10.8. The normalized spacial score (nSPS) is 13.2. The third-order valence-corrected chi connectivity index (χ3v) is 11.2. The topological polar surface area (TPSA) is 43.9 Å². The zero-order valence-corrected chi connectivity index (χ0v) is 29.3. The standard InChI is InChI=1S/C49H33N3O/c1-49(2)40-22-11-9-18-33(40)37-27-39-38-26-32(30-14-5-3-6-15-30)24-25-44(38)52(45(39)28-41(37)49)48-50-42(31-16-7-4-8-17-31)29-43(51-48)36-21-13-20-35-34-19-10-12-23-46(34)53-47(35)36/h3-29H,1-2H3. The summed E-state index contributed by atoms with van der Waals surface area (Å²) in [6.07, 6.45) is 0. The molecule has 4 heteroatoms. The fourth-order valence-electron chi connectivity index (χ4n) is 8.62. The number of nitrogens with zero attached hydrogens (tertiary/aromatic N) is 3. The lowest BCUT2D eigenvalue weighted by Gasteiger charge is -2.21. The Labute approximate surface area is 306 Å². The second-order valence-electron chi connectivity index (χ2n) is 14.6. The summed E-state index contributed by atoms with van der Waals surface area (Å²) < 4.78 is 8.82. The lowest BCUT2D eigenvalue weighted by Crippen LogP contribution is -2.15. The summed E-state index contributed by atoms with van der Waals surface area (Å²) in [7, 11) is 0. The molecule has 1 aliphatic rings. The van der Waals surface area contributed by atoms with E-state index in [0.717, 1.165) is 55.5 Å². The van der Waals surface area contributed by atoms with Crippen molar-refractivity contribution >= 4 is 43.7 Å². The van der Waals surface area contributed by atoms with Crippen molar-refractivity contribution in [2.24, 2.45) is 0 Å². The van der Waals surface area contributed by atoms with Gasteiger partial charge in [0.2, 0.25) is 5.95 Å². The highest BCUT2D eigenvalue weighted by molar-refractivity contribution is 6.13. The van der Waals surface area contributed by atoms with Crippen molar-refractivity contribution in [3.8, 4) is 50.7 Å². The number of hydrogen-bond acceptors (Lipinski definition) is 3. The predicted octanol–water partition coefficient (Wildman–Crippen LogP) is 12.8. The number of para-hydroxylation sites is 2. The fourth-order valence-corrected chi connectivity index (χ4v) is 8.62. The molecule has 0 unspecified atom stereocenters. The summed E-state index contributed by atoms with van der Waals surface area (Å²) in [6.45, 7) is 4.67. The maximum Gasteiger partial charge on any atom is 0.235 e. The van der Waals surface area contributed by atoms with Crippen LogP contribution < -0.4 is 0 Å². The van der Waals surface area contributed by atoms with Crippen LogP contribution in [0.4, 0.5) is 0 Å². The Morgan fingerprint density at radius 2 is 1.13 bits per heavy atom. The minimum absolute atomic E-state index is 0.161. The molecular weight excluding hydrogens is 647 g/mol. The van der Waals surface area contributed by atoms with Gasteiger partial charge in [0.05, 0.1) is 22.4 Å². The van der Waals surface area contributed by atoms with Crippen molar-refractivity contribution in [3.63, 3.8) is 0 Å². The Morgan fingerprint density at radius 1 is 0.453 bits per heavy atom. The Bertz CT molecular complexity index is 3080. The van der Waals surface area contributed by atoms with Crippen LogP contribution in [0.2, 0.25) is 0 Å². The van der Waals surface area contributed by atoms with Gasteiger partial charge < -0.3 is 4.42 Å². The van der Waals surface area contributed by atoms with E-state index in [1.165, 1.54) is 44.2 Å². The van der Waals surface area contributed by atoms with Crippen LogP contribution in [0.3, 0.4) is 0 Å². The van der Waals surface area contributed by atoms with Crippen LogP contribution in [0.15, 0.2) is 168 Å². The van der Waals surface area contributed by atoms with Crippen LogP contribution in [0, 0.1) is 0 Å². The highest BCUT2D eigenvalue weighted by Gasteiger charge is 2.36. The third-order valence-electron chi connectivity index (χ3n) is 11.2. The largest absolute Gasteiger partial charge is 0.455 e. The molecule has 0 fully saturated rings. The highest BCUT2D eigenvalue weighted by atomic mass is 16.3. The van der Waals surface area contributed by atoms with Crippen LogP contribution >= 0.6 is 0 Å². The van der Waals surface area contributed by atoms with Crippen LogP contribution in [0.25, 0.3) is 94.5 Å². The SMILES string of the molecule is CC1(C)c2ccccc2-c2cc3c4cc(-c5ccccc5)ccc4n(-c4nc(-c5ccccc5)cc(-c5cccc6c5oc5ccccc56)n4)c3cc21. The molecule has 0 spiro atoms. The zero-order chi connectivity index (χ0) is 35.3. The minimum Gasteiger partial charge on any atom is -0.455 e. The van der Waals surface area contributed by atoms with Crippen molar-refractivity contribution in [2.45, 2.75) is 19.3 Å². The van der Waals surface area contributed by atoms with E-state index in [9.17, 15) is 0 Å². The average molecular weight is 680 g/mol. The van der Waals surface area contributed by atoms with E-state index >= 15 is 0 Å². The second kappa shape index (κ2) is 11.1. The van der Waals surface area contributed by atoms with E-state index in [1.807, 2.05) is 18.2 Å². The first-order chi connectivity index (χ1) is 26.0. The maximum absolute atomic E-state index is 6.55. The van der Waals surface area contributed by atoms with Gasteiger partial charge in [-0.2, -0.15) is 0 Å². The summed E-state index contributed by atoms with van der Waals surface area (Å²) in [6, 6.07) is 58.1. The summed E-state index contributed by atoms with van der Waals surface area (Å²) in [5, 5.41) is 4.51. The van der Waals surface area contributed by atoms with Crippen molar-refractivity contribution in [2.75, 3.05) is 0 Å². The number of fused-ring (bicyclic) bond motifs is 9. The lowest BCUT2D eigenvalue weighted by molar-refractivity contribution is 0.661. The van der Waals surface area contributed by atoms with Crippen molar-refractivity contribution in [3.05, 3.63) is 175 Å². The Kier molecular flexibility index (Phi) is 6.27. The van der Waals surface area contributed by atoms with Gasteiger partial charge >= 0.3 is 0 Å². The molecule has 250 valence electrons. The summed E-state index contributed by atoms with van der Waals surface area (Å²) in [5.74, 6) is 0.621. The number of furan rings is 1. The average Bonchev–Trinajstić information content (AvgIpc) is 3.83. The van der Waals surface area contributed by atoms with E-state index in [2.05, 4.69) is 164 Å². The number of rotatable bonds is 4. The molecule has 0 atom stereocenters. The molecule has 3 aromatic heterocycles. The molecule has 10 aromatic rings. The second-order valence-corrected chi connectivity index (χ2v) is 14.6. The van der Waals surface area contributed by atoms with Crippen LogP contribution in [-0.2, 0) is 5.41 Å². The van der Waals surface area contributed by atoms with Gasteiger partial charge in [-0.15, -0.1) is 0 Å². The molecule has 7 aromatic carbocycles. The molecule has 0 bridgehead atoms. The van der Waals surface area contributed by atoms with Crippen molar-refractivity contribution in [1.29, 1.82) is 0 Å². The van der Waals surface area contributed by atoms with Crippen molar-refractivity contribution < 1.29 is 4.42 Å². The van der Waals surface area contributed by atoms with Crippen LogP contribution in [0.5, 0.6) is 0 Å². The van der Waals surface area contributed by atoms with E-state index in [4.69, 9.17) is 14.4 Å². The van der Waals surface area contributed by atoms with Gasteiger partial charge in [0, 0.05) is 38.1 Å². The van der Waals surface area contributed by atoms with Gasteiger partial charge in [-0.1, -0.05) is 135 Å². The Morgan fingerprint density at radius 3 is 1.98 bits per heavy atom. The molecule has 3 heterocycles. The minimum atomic E-state index is -0.161. The first kappa shape index (κ1) is 29.9. The molecule has 1 aliphatic carbocycles. The number of benzene rings is 7. The molecule has 0 amide bonds. The first-order valence-electron chi connectivity index (χ1n) is 18.2. The monoisotopic (exact) mass is 679 g/mol. The maximum atomic E-state index is 6.55. The van der Waals surface area contributed by atoms with Gasteiger partial charge in [-0.05, 0) is 75.8 Å². The van der Waals surface area contributed by atoms with Gasteiger partial charge in [-0.3, -0.25) is 4.57 Å². The molecular formula is C49H33N3O. The molecule has 0 N–H and O–H groups in total. The number of hydrogen-bond donors (Lipinski definition) is 0. The van der Waals surface area contributed by atoms with E-state index < -0.39 is 0 Å². The Balaban J connectivity index is 1.24. The predicted molar refractivity (Wildman–Crippen MR) is 218 cm³/mol. The van der Waals surface area contributed by atoms with Gasteiger partial charge in [0.15, 0.2) is 0 Å². The summed E-state index contributed by atoms with van der Waals surface area (Å²) in [5.41, 5.74) is 14.9. The van der Waals surface area contributed by atoms with Gasteiger partial charge in [-0.25, -0.2) is 9.97 Å².